The molecule has 0 bridgehead atoms. The SMILES string of the molecule is C[Si](C)(C)c1ccc(CCCCCCCCCCCc2ccc(C#Cc3ccc(CCCCCCCCCCCc4ccc([Si](C)(C)C)cc4)cc3)cc2)cc1. The molecule has 0 aliphatic carbocycles. The highest BCUT2D eigenvalue weighted by atomic mass is 28.3. The van der Waals surface area contributed by atoms with Gasteiger partial charge in [0.1, 0.15) is 0 Å². The third-order valence-corrected chi connectivity index (χ3v) is 15.9. The minimum Gasteiger partial charge on any atom is -0.0656 e. The molecule has 0 aromatic heterocycles. The zero-order valence-corrected chi connectivity index (χ0v) is 38.8. The van der Waals surface area contributed by atoms with E-state index in [2.05, 4.69) is 148 Å². The molecule has 0 saturated heterocycles. The minimum absolute atomic E-state index is 1.11. The molecule has 0 aliphatic rings. The van der Waals surface area contributed by atoms with Crippen molar-refractivity contribution in [3.63, 3.8) is 0 Å². The zero-order chi connectivity index (χ0) is 39.9. The predicted molar refractivity (Wildman–Crippen MR) is 256 cm³/mol. The highest BCUT2D eigenvalue weighted by molar-refractivity contribution is 6.89. The number of rotatable bonds is 26. The van der Waals surface area contributed by atoms with Gasteiger partial charge in [0, 0.05) is 11.1 Å². The fourth-order valence-corrected chi connectivity index (χ4v) is 10.1. The molecule has 0 unspecified atom stereocenters. The lowest BCUT2D eigenvalue weighted by Gasteiger charge is -2.16. The van der Waals surface area contributed by atoms with Crippen molar-refractivity contribution in [1.82, 2.24) is 0 Å². The van der Waals surface area contributed by atoms with Gasteiger partial charge in [-0.25, -0.2) is 0 Å². The first kappa shape index (κ1) is 45.6. The Bertz CT molecular complexity index is 1540. The van der Waals surface area contributed by atoms with Crippen molar-refractivity contribution in [2.45, 2.75) is 181 Å². The van der Waals surface area contributed by atoms with Crippen molar-refractivity contribution in [1.29, 1.82) is 0 Å². The molecule has 56 heavy (non-hydrogen) atoms. The summed E-state index contributed by atoms with van der Waals surface area (Å²) in [6.07, 6.45) is 29.5. The third kappa shape index (κ3) is 18.9. The number of hydrogen-bond donors (Lipinski definition) is 0. The lowest BCUT2D eigenvalue weighted by molar-refractivity contribution is 0.558. The smallest absolute Gasteiger partial charge is 0.0656 e. The Morgan fingerprint density at radius 3 is 0.679 bits per heavy atom. The fourth-order valence-electron chi connectivity index (χ4n) is 7.79. The van der Waals surface area contributed by atoms with E-state index >= 15 is 0 Å². The molecule has 0 N–H and O–H groups in total. The molecule has 0 saturated carbocycles. The van der Waals surface area contributed by atoms with E-state index in [9.17, 15) is 0 Å². The van der Waals surface area contributed by atoms with E-state index in [1.807, 2.05) is 0 Å². The van der Waals surface area contributed by atoms with Gasteiger partial charge in [-0.1, -0.05) is 224 Å². The molecule has 2 heteroatoms. The molecule has 0 fully saturated rings. The number of aryl methyl sites for hydroxylation is 4. The van der Waals surface area contributed by atoms with Crippen LogP contribution >= 0.6 is 0 Å². The average Bonchev–Trinajstić information content (AvgIpc) is 3.19. The second kappa shape index (κ2) is 25.3. The summed E-state index contributed by atoms with van der Waals surface area (Å²) in [4.78, 5) is 0. The number of benzene rings is 4. The summed E-state index contributed by atoms with van der Waals surface area (Å²) in [5, 5.41) is 3.15. The van der Waals surface area contributed by atoms with Crippen molar-refractivity contribution < 1.29 is 0 Å². The molecular weight excluding hydrogens is 705 g/mol. The first-order valence-electron chi connectivity index (χ1n) is 22.9. The summed E-state index contributed by atoms with van der Waals surface area (Å²) >= 11 is 0. The van der Waals surface area contributed by atoms with Crippen molar-refractivity contribution in [2.75, 3.05) is 0 Å². The van der Waals surface area contributed by atoms with E-state index in [0.29, 0.717) is 0 Å². The van der Waals surface area contributed by atoms with Crippen LogP contribution in [-0.4, -0.2) is 16.1 Å². The quantitative estimate of drug-likeness (QED) is 0.0338. The van der Waals surface area contributed by atoms with Crippen LogP contribution in [0.5, 0.6) is 0 Å². The number of hydrogen-bond acceptors (Lipinski definition) is 0. The van der Waals surface area contributed by atoms with Crippen LogP contribution in [0, 0.1) is 11.8 Å². The summed E-state index contributed by atoms with van der Waals surface area (Å²) in [5.41, 5.74) is 8.15. The summed E-state index contributed by atoms with van der Waals surface area (Å²) < 4.78 is 0. The maximum atomic E-state index is 3.38. The van der Waals surface area contributed by atoms with Crippen LogP contribution in [0.25, 0.3) is 0 Å². The molecule has 0 nitrogen and oxygen atoms in total. The average molecular weight is 783 g/mol. The van der Waals surface area contributed by atoms with Crippen LogP contribution in [0.4, 0.5) is 0 Å². The van der Waals surface area contributed by atoms with E-state index in [4.69, 9.17) is 0 Å². The van der Waals surface area contributed by atoms with Crippen molar-refractivity contribution in [3.8, 4) is 11.8 Å². The van der Waals surface area contributed by atoms with Gasteiger partial charge in [-0.05, 0) is 97.9 Å². The highest BCUT2D eigenvalue weighted by Gasteiger charge is 2.16. The molecule has 0 amide bonds. The normalized spacial score (nSPS) is 11.8. The maximum absolute atomic E-state index is 3.38. The third-order valence-electron chi connectivity index (χ3n) is 11.8. The van der Waals surface area contributed by atoms with E-state index in [-0.39, 0.29) is 0 Å². The Kier molecular flexibility index (Phi) is 20.6. The lowest BCUT2D eigenvalue weighted by Crippen LogP contribution is -2.37. The van der Waals surface area contributed by atoms with E-state index < -0.39 is 16.1 Å². The Morgan fingerprint density at radius 2 is 0.464 bits per heavy atom. The van der Waals surface area contributed by atoms with Gasteiger partial charge >= 0.3 is 0 Å². The van der Waals surface area contributed by atoms with Crippen LogP contribution in [-0.2, 0) is 25.7 Å². The second-order valence-electron chi connectivity index (χ2n) is 18.9. The number of unbranched alkanes of at least 4 members (excludes halogenated alkanes) is 16. The molecule has 0 atom stereocenters. The molecule has 4 aromatic rings. The molecule has 0 radical (unpaired) electrons. The molecular formula is C54H78Si2. The molecule has 0 spiro atoms. The summed E-state index contributed by atoms with van der Waals surface area (Å²) in [6, 6.07) is 37.0. The van der Waals surface area contributed by atoms with E-state index in [1.165, 1.54) is 164 Å². The summed E-state index contributed by atoms with van der Waals surface area (Å²) in [7, 11) is -2.35. The van der Waals surface area contributed by atoms with Gasteiger partial charge in [0.15, 0.2) is 0 Å². The topological polar surface area (TPSA) is 0 Å². The Hall–Kier alpha value is -3.13. The van der Waals surface area contributed by atoms with Crippen LogP contribution in [0.2, 0.25) is 39.3 Å². The van der Waals surface area contributed by atoms with Gasteiger partial charge in [-0.15, -0.1) is 0 Å². The van der Waals surface area contributed by atoms with E-state index in [0.717, 1.165) is 11.1 Å². The molecule has 0 aliphatic heterocycles. The molecule has 302 valence electrons. The van der Waals surface area contributed by atoms with Crippen molar-refractivity contribution >= 4 is 26.5 Å². The minimum atomic E-state index is -1.17. The Labute approximate surface area is 347 Å². The standard InChI is InChI=1S/C54H78Si2/c1-55(2,3)53-43-39-49(40-44-53)27-23-19-15-11-7-9-13-17-21-25-47-29-33-51(34-30-47)37-38-52-35-31-48(32-36-52)26-22-18-14-10-8-12-16-20-24-28-50-41-45-54(46-42-50)56(4,5)6/h29-36,39-46H,7-28H2,1-6H3. The molecule has 4 rings (SSSR count). The van der Waals surface area contributed by atoms with Gasteiger partial charge in [-0.3, -0.25) is 0 Å². The van der Waals surface area contributed by atoms with Crippen molar-refractivity contribution in [2.24, 2.45) is 0 Å². The summed E-state index contributed by atoms with van der Waals surface area (Å²) in [6.45, 7) is 14.6. The Balaban J connectivity index is 0.948. The van der Waals surface area contributed by atoms with Crippen LogP contribution < -0.4 is 10.4 Å². The molecule has 4 aromatic carbocycles. The largest absolute Gasteiger partial charge is 0.0775 e. The first-order chi connectivity index (χ1) is 27.1. The predicted octanol–water partition coefficient (Wildman–Crippen LogP) is 14.8. The van der Waals surface area contributed by atoms with Gasteiger partial charge in [0.05, 0.1) is 16.1 Å². The Morgan fingerprint density at radius 1 is 0.268 bits per heavy atom. The maximum Gasteiger partial charge on any atom is 0.0775 e. The lowest BCUT2D eigenvalue weighted by atomic mass is 10.0. The monoisotopic (exact) mass is 783 g/mol. The fraction of sp³-hybridized carbons (Fsp3) is 0.519. The zero-order valence-electron chi connectivity index (χ0n) is 36.8. The van der Waals surface area contributed by atoms with Gasteiger partial charge < -0.3 is 0 Å². The van der Waals surface area contributed by atoms with Crippen LogP contribution in [0.3, 0.4) is 0 Å². The van der Waals surface area contributed by atoms with Crippen molar-refractivity contribution in [3.05, 3.63) is 130 Å². The molecule has 0 heterocycles. The van der Waals surface area contributed by atoms with E-state index in [1.54, 1.807) is 10.4 Å². The first-order valence-corrected chi connectivity index (χ1v) is 29.9. The van der Waals surface area contributed by atoms with Crippen LogP contribution in [0.15, 0.2) is 97.1 Å². The highest BCUT2D eigenvalue weighted by Crippen LogP contribution is 2.17. The van der Waals surface area contributed by atoms with Gasteiger partial charge in [-0.2, -0.15) is 0 Å². The summed E-state index contributed by atoms with van der Waals surface area (Å²) in [5.74, 6) is 6.77. The van der Waals surface area contributed by atoms with Crippen LogP contribution in [0.1, 0.15) is 149 Å². The van der Waals surface area contributed by atoms with Gasteiger partial charge in [0.25, 0.3) is 0 Å². The second-order valence-corrected chi connectivity index (χ2v) is 29.1. The van der Waals surface area contributed by atoms with Gasteiger partial charge in [0.2, 0.25) is 0 Å².